The van der Waals surface area contributed by atoms with Crippen molar-refractivity contribution in [1.29, 1.82) is 0 Å². The second-order valence-corrected chi connectivity index (χ2v) is 5.65. The molecule has 0 radical (unpaired) electrons. The Morgan fingerprint density at radius 2 is 1.67 bits per heavy atom. The third-order valence-corrected chi connectivity index (χ3v) is 4.14. The Morgan fingerprint density at radius 3 is 2.42 bits per heavy atom. The molecule has 24 heavy (non-hydrogen) atoms. The molecule has 0 aliphatic carbocycles. The first kappa shape index (κ1) is 14.8. The highest BCUT2D eigenvalue weighted by molar-refractivity contribution is 5.73. The second-order valence-electron chi connectivity index (χ2n) is 5.65. The van der Waals surface area contributed by atoms with Crippen LogP contribution in [0.4, 0.5) is 19.0 Å². The van der Waals surface area contributed by atoms with Gasteiger partial charge in [-0.25, -0.2) is 4.68 Å². The number of anilines is 1. The molecule has 1 aromatic heterocycles. The molecule has 122 valence electrons. The molecule has 1 N–H and O–H groups in total. The standard InChI is InChI=1S/C18H14F3N3/c19-18(20,21)14-8-4-5-9-15(14)24-17-13(10-11-22-17)16(23-24)12-6-2-1-3-7-12/h1-9,22H,10-11H2. The lowest BCUT2D eigenvalue weighted by molar-refractivity contribution is -0.137. The lowest BCUT2D eigenvalue weighted by Crippen LogP contribution is -2.13. The molecule has 3 aromatic rings. The number of para-hydroxylation sites is 1. The number of hydrogen-bond donors (Lipinski definition) is 1. The van der Waals surface area contributed by atoms with Crippen LogP contribution < -0.4 is 5.32 Å². The van der Waals surface area contributed by atoms with Gasteiger partial charge in [0.05, 0.1) is 16.9 Å². The van der Waals surface area contributed by atoms with Gasteiger partial charge < -0.3 is 5.32 Å². The number of nitrogens with one attached hydrogen (secondary N) is 1. The van der Waals surface area contributed by atoms with E-state index in [1.165, 1.54) is 16.8 Å². The molecule has 0 saturated carbocycles. The molecular formula is C18H14F3N3. The first-order valence-corrected chi connectivity index (χ1v) is 7.63. The van der Waals surface area contributed by atoms with Crippen LogP contribution in [0.25, 0.3) is 16.9 Å². The van der Waals surface area contributed by atoms with E-state index in [4.69, 9.17) is 0 Å². The van der Waals surface area contributed by atoms with Crippen LogP contribution in [0.3, 0.4) is 0 Å². The lowest BCUT2D eigenvalue weighted by Gasteiger charge is -2.14. The van der Waals surface area contributed by atoms with E-state index in [-0.39, 0.29) is 5.69 Å². The zero-order chi connectivity index (χ0) is 16.7. The SMILES string of the molecule is FC(F)(F)c1ccccc1-n1nc(-c2ccccc2)c2c1NCC2. The Balaban J connectivity index is 1.93. The predicted octanol–water partition coefficient (Wildman–Crippen LogP) is 4.53. The van der Waals surface area contributed by atoms with Crippen LogP contribution in [0.2, 0.25) is 0 Å². The first-order chi connectivity index (χ1) is 11.6. The molecule has 0 bridgehead atoms. The summed E-state index contributed by atoms with van der Waals surface area (Å²) in [5.74, 6) is 0.644. The Kier molecular flexibility index (Phi) is 3.33. The van der Waals surface area contributed by atoms with Crippen LogP contribution in [-0.2, 0) is 12.6 Å². The number of benzene rings is 2. The topological polar surface area (TPSA) is 29.9 Å². The van der Waals surface area contributed by atoms with E-state index in [1.807, 2.05) is 30.3 Å². The molecule has 1 aliphatic rings. The Morgan fingerprint density at radius 1 is 0.958 bits per heavy atom. The minimum Gasteiger partial charge on any atom is -0.369 e. The summed E-state index contributed by atoms with van der Waals surface area (Å²) in [6, 6.07) is 15.0. The van der Waals surface area contributed by atoms with E-state index >= 15 is 0 Å². The van der Waals surface area contributed by atoms with Crippen LogP contribution >= 0.6 is 0 Å². The highest BCUT2D eigenvalue weighted by Gasteiger charge is 2.35. The largest absolute Gasteiger partial charge is 0.418 e. The number of rotatable bonds is 2. The van der Waals surface area contributed by atoms with Crippen molar-refractivity contribution >= 4 is 5.82 Å². The van der Waals surface area contributed by atoms with Gasteiger partial charge >= 0.3 is 6.18 Å². The van der Waals surface area contributed by atoms with Crippen molar-refractivity contribution in [2.24, 2.45) is 0 Å². The normalized spacial score (nSPS) is 13.6. The number of hydrogen-bond acceptors (Lipinski definition) is 2. The number of alkyl halides is 3. The van der Waals surface area contributed by atoms with Gasteiger partial charge in [-0.15, -0.1) is 0 Å². The average molecular weight is 329 g/mol. The maximum atomic E-state index is 13.4. The third-order valence-electron chi connectivity index (χ3n) is 4.14. The summed E-state index contributed by atoms with van der Waals surface area (Å²) in [5.41, 5.74) is 1.94. The van der Waals surface area contributed by atoms with Crippen LogP contribution in [0.1, 0.15) is 11.1 Å². The van der Waals surface area contributed by atoms with E-state index in [0.29, 0.717) is 12.4 Å². The minimum absolute atomic E-state index is 0.0397. The molecule has 4 rings (SSSR count). The highest BCUT2D eigenvalue weighted by Crippen LogP contribution is 2.38. The monoisotopic (exact) mass is 329 g/mol. The number of aromatic nitrogens is 2. The van der Waals surface area contributed by atoms with Crippen LogP contribution in [-0.4, -0.2) is 16.3 Å². The Hall–Kier alpha value is -2.76. The maximum Gasteiger partial charge on any atom is 0.418 e. The molecule has 1 aliphatic heterocycles. The molecule has 0 saturated heterocycles. The van der Waals surface area contributed by atoms with Crippen molar-refractivity contribution in [3.8, 4) is 16.9 Å². The second kappa shape index (κ2) is 5.40. The fourth-order valence-electron chi connectivity index (χ4n) is 3.07. The maximum absolute atomic E-state index is 13.4. The molecule has 3 nitrogen and oxygen atoms in total. The Labute approximate surface area is 136 Å². The van der Waals surface area contributed by atoms with Gasteiger partial charge in [0.1, 0.15) is 5.82 Å². The summed E-state index contributed by atoms with van der Waals surface area (Å²) in [7, 11) is 0. The molecule has 0 spiro atoms. The summed E-state index contributed by atoms with van der Waals surface area (Å²) in [6.07, 6.45) is -3.69. The van der Waals surface area contributed by atoms with E-state index in [2.05, 4.69) is 10.4 Å². The van der Waals surface area contributed by atoms with E-state index in [1.54, 1.807) is 6.07 Å². The summed E-state index contributed by atoms with van der Waals surface area (Å²) in [4.78, 5) is 0. The zero-order valence-electron chi connectivity index (χ0n) is 12.6. The minimum atomic E-state index is -4.43. The molecule has 6 heteroatoms. The van der Waals surface area contributed by atoms with Crippen molar-refractivity contribution in [1.82, 2.24) is 9.78 Å². The molecule has 2 aromatic carbocycles. The fourth-order valence-corrected chi connectivity index (χ4v) is 3.07. The van der Waals surface area contributed by atoms with Crippen molar-refractivity contribution < 1.29 is 13.2 Å². The molecule has 2 heterocycles. The van der Waals surface area contributed by atoms with Crippen molar-refractivity contribution in [2.45, 2.75) is 12.6 Å². The average Bonchev–Trinajstić information content (AvgIpc) is 3.17. The summed E-state index contributed by atoms with van der Waals surface area (Å²) >= 11 is 0. The van der Waals surface area contributed by atoms with Gasteiger partial charge in [0.2, 0.25) is 0 Å². The Bertz CT molecular complexity index is 882. The molecular weight excluding hydrogens is 315 g/mol. The van der Waals surface area contributed by atoms with Crippen LogP contribution in [0.5, 0.6) is 0 Å². The van der Waals surface area contributed by atoms with Gasteiger partial charge in [0, 0.05) is 17.7 Å². The quantitative estimate of drug-likeness (QED) is 0.749. The van der Waals surface area contributed by atoms with E-state index in [0.717, 1.165) is 29.3 Å². The lowest BCUT2D eigenvalue weighted by atomic mass is 10.1. The van der Waals surface area contributed by atoms with Crippen molar-refractivity contribution in [2.75, 3.05) is 11.9 Å². The van der Waals surface area contributed by atoms with Gasteiger partial charge in [-0.2, -0.15) is 18.3 Å². The van der Waals surface area contributed by atoms with E-state index < -0.39 is 11.7 Å². The van der Waals surface area contributed by atoms with Crippen LogP contribution in [0.15, 0.2) is 54.6 Å². The summed E-state index contributed by atoms with van der Waals surface area (Å²) in [5, 5.41) is 7.67. The predicted molar refractivity (Wildman–Crippen MR) is 86.2 cm³/mol. The molecule has 0 unspecified atom stereocenters. The molecule has 0 amide bonds. The van der Waals surface area contributed by atoms with Crippen molar-refractivity contribution in [3.63, 3.8) is 0 Å². The molecule has 0 fully saturated rings. The van der Waals surface area contributed by atoms with Gasteiger partial charge in [-0.3, -0.25) is 0 Å². The summed E-state index contributed by atoms with van der Waals surface area (Å²) in [6.45, 7) is 0.696. The van der Waals surface area contributed by atoms with Crippen LogP contribution in [0, 0.1) is 0 Å². The van der Waals surface area contributed by atoms with Gasteiger partial charge in [-0.05, 0) is 18.6 Å². The zero-order valence-corrected chi connectivity index (χ0v) is 12.6. The van der Waals surface area contributed by atoms with Crippen molar-refractivity contribution in [3.05, 3.63) is 65.7 Å². The van der Waals surface area contributed by atoms with Gasteiger partial charge in [0.15, 0.2) is 0 Å². The van der Waals surface area contributed by atoms with E-state index in [9.17, 15) is 13.2 Å². The highest BCUT2D eigenvalue weighted by atomic mass is 19.4. The van der Waals surface area contributed by atoms with Gasteiger partial charge in [0.25, 0.3) is 0 Å². The summed E-state index contributed by atoms with van der Waals surface area (Å²) < 4.78 is 41.4. The third kappa shape index (κ3) is 2.35. The first-order valence-electron chi connectivity index (χ1n) is 7.63. The number of halogens is 3. The molecule has 0 atom stereocenters. The smallest absolute Gasteiger partial charge is 0.369 e. The fraction of sp³-hybridized carbons (Fsp3) is 0.167. The number of nitrogens with zero attached hydrogens (tertiary/aromatic N) is 2. The number of fused-ring (bicyclic) bond motifs is 1. The van der Waals surface area contributed by atoms with Gasteiger partial charge in [-0.1, -0.05) is 42.5 Å².